The molecule has 0 radical (unpaired) electrons. The summed E-state index contributed by atoms with van der Waals surface area (Å²) in [6, 6.07) is 13.0. The van der Waals surface area contributed by atoms with E-state index in [1.54, 1.807) is 47.4 Å². The molecule has 2 aromatic carbocycles. The van der Waals surface area contributed by atoms with Crippen molar-refractivity contribution in [3.8, 4) is 0 Å². The van der Waals surface area contributed by atoms with E-state index in [1.807, 2.05) is 13.0 Å². The number of aliphatic hydroxyl groups excluding tert-OH is 1. The van der Waals surface area contributed by atoms with Gasteiger partial charge in [-0.15, -0.1) is 0 Å². The molecule has 2 unspecified atom stereocenters. The van der Waals surface area contributed by atoms with Crippen LogP contribution in [0.15, 0.2) is 48.5 Å². The van der Waals surface area contributed by atoms with Crippen molar-refractivity contribution in [3.05, 3.63) is 69.7 Å². The number of hydrogen-bond donors (Lipinski definition) is 2. The van der Waals surface area contributed by atoms with Crippen LogP contribution in [0.3, 0.4) is 0 Å². The van der Waals surface area contributed by atoms with Gasteiger partial charge in [-0.25, -0.2) is 0 Å². The van der Waals surface area contributed by atoms with Crippen LogP contribution in [-0.2, 0) is 14.3 Å². The van der Waals surface area contributed by atoms with Gasteiger partial charge in [-0.2, -0.15) is 0 Å². The molecule has 160 valence electrons. The monoisotopic (exact) mass is 451 g/mol. The van der Waals surface area contributed by atoms with Crippen molar-refractivity contribution in [1.29, 1.82) is 0 Å². The molecule has 4 atom stereocenters. The van der Waals surface area contributed by atoms with Gasteiger partial charge in [0.25, 0.3) is 5.91 Å². The minimum Gasteiger partial charge on any atom is -0.481 e. The summed E-state index contributed by atoms with van der Waals surface area (Å²) in [5.41, 5.74) is 1.47. The number of carboxylic acids is 1. The van der Waals surface area contributed by atoms with Crippen LogP contribution in [0.4, 0.5) is 0 Å². The van der Waals surface area contributed by atoms with Crippen LogP contribution in [0.2, 0.25) is 10.0 Å². The van der Waals surface area contributed by atoms with E-state index in [-0.39, 0.29) is 6.61 Å². The van der Waals surface area contributed by atoms with E-state index in [2.05, 4.69) is 0 Å². The predicted molar refractivity (Wildman–Crippen MR) is 114 cm³/mol. The standard InChI is InChI=1S/C22H23Cl2NO5/c1-2-17(12-26)25-20(13-6-8-15(23)9-7-13)21(14-4-3-5-16(24)10-14)30-18(22(25)29)11-19(27)28/h3-10,17-18,20-21,26H,2,11-12H2,1H3,(H,27,28)/t17?,18-,20?,21-/m0/s1. The fourth-order valence-electron chi connectivity index (χ4n) is 3.81. The van der Waals surface area contributed by atoms with Crippen molar-refractivity contribution in [2.75, 3.05) is 6.61 Å². The number of carboxylic acid groups (broad SMARTS) is 1. The van der Waals surface area contributed by atoms with Crippen molar-refractivity contribution in [3.63, 3.8) is 0 Å². The number of benzene rings is 2. The van der Waals surface area contributed by atoms with Crippen LogP contribution < -0.4 is 0 Å². The molecule has 30 heavy (non-hydrogen) atoms. The van der Waals surface area contributed by atoms with E-state index in [4.69, 9.17) is 27.9 Å². The van der Waals surface area contributed by atoms with Crippen molar-refractivity contribution < 1.29 is 24.5 Å². The van der Waals surface area contributed by atoms with Crippen molar-refractivity contribution >= 4 is 35.1 Å². The first-order chi connectivity index (χ1) is 14.3. The molecule has 1 saturated heterocycles. The summed E-state index contributed by atoms with van der Waals surface area (Å²) in [7, 11) is 0. The Kier molecular flexibility index (Phi) is 7.36. The number of carbonyl (C=O) groups excluding carboxylic acids is 1. The van der Waals surface area contributed by atoms with E-state index in [0.717, 1.165) is 5.56 Å². The third-order valence-electron chi connectivity index (χ3n) is 5.25. The lowest BCUT2D eigenvalue weighted by Crippen LogP contribution is -2.56. The Hall–Kier alpha value is -2.12. The Balaban J connectivity index is 2.16. The van der Waals surface area contributed by atoms with Gasteiger partial charge in [0, 0.05) is 10.0 Å². The third-order valence-corrected chi connectivity index (χ3v) is 5.74. The van der Waals surface area contributed by atoms with Crippen molar-refractivity contribution in [2.45, 2.75) is 44.1 Å². The highest BCUT2D eigenvalue weighted by atomic mass is 35.5. The Bertz CT molecular complexity index is 901. The summed E-state index contributed by atoms with van der Waals surface area (Å²) in [5.74, 6) is -1.60. The van der Waals surface area contributed by atoms with Gasteiger partial charge in [0.1, 0.15) is 12.2 Å². The number of halogens is 2. The van der Waals surface area contributed by atoms with E-state index < -0.39 is 42.6 Å². The van der Waals surface area contributed by atoms with Gasteiger partial charge in [0.15, 0.2) is 0 Å². The molecule has 0 aliphatic carbocycles. The van der Waals surface area contributed by atoms with E-state index >= 15 is 0 Å². The normalized spacial score (nSPS) is 22.7. The number of rotatable bonds is 7. The molecule has 1 aliphatic heterocycles. The molecule has 0 saturated carbocycles. The zero-order chi connectivity index (χ0) is 21.8. The number of amides is 1. The molecule has 0 aromatic heterocycles. The molecule has 0 spiro atoms. The van der Waals surface area contributed by atoms with Gasteiger partial charge >= 0.3 is 5.97 Å². The molecule has 1 heterocycles. The maximum atomic E-state index is 13.3. The molecule has 3 rings (SSSR count). The number of aliphatic hydroxyl groups is 1. The summed E-state index contributed by atoms with van der Waals surface area (Å²) < 4.78 is 6.07. The van der Waals surface area contributed by atoms with Gasteiger partial charge in [0.2, 0.25) is 0 Å². The van der Waals surface area contributed by atoms with Crippen molar-refractivity contribution in [1.82, 2.24) is 4.90 Å². The number of aliphatic carboxylic acids is 1. The number of hydrogen-bond acceptors (Lipinski definition) is 4. The van der Waals surface area contributed by atoms with Gasteiger partial charge in [0.05, 0.1) is 25.1 Å². The minimum absolute atomic E-state index is 0.256. The van der Waals surface area contributed by atoms with Crippen LogP contribution >= 0.6 is 23.2 Å². The Morgan fingerprint density at radius 2 is 1.83 bits per heavy atom. The summed E-state index contributed by atoms with van der Waals surface area (Å²) in [5, 5.41) is 20.3. The number of ether oxygens (including phenoxy) is 1. The number of carbonyl (C=O) groups is 2. The zero-order valence-corrected chi connectivity index (χ0v) is 17.9. The molecule has 2 aromatic rings. The Morgan fingerprint density at radius 1 is 1.13 bits per heavy atom. The second-order valence-corrected chi connectivity index (χ2v) is 8.06. The Morgan fingerprint density at radius 3 is 2.40 bits per heavy atom. The predicted octanol–water partition coefficient (Wildman–Crippen LogP) is 4.25. The zero-order valence-electron chi connectivity index (χ0n) is 16.4. The summed E-state index contributed by atoms with van der Waals surface area (Å²) in [4.78, 5) is 26.2. The van der Waals surface area contributed by atoms with Crippen LogP contribution in [0.5, 0.6) is 0 Å². The highest BCUT2D eigenvalue weighted by Crippen LogP contribution is 2.44. The molecule has 1 aliphatic rings. The summed E-state index contributed by atoms with van der Waals surface area (Å²) in [6.45, 7) is 1.61. The van der Waals surface area contributed by atoms with Gasteiger partial charge in [-0.05, 0) is 41.8 Å². The average Bonchev–Trinajstić information content (AvgIpc) is 2.71. The van der Waals surface area contributed by atoms with Crippen LogP contribution in [0, 0.1) is 0 Å². The quantitative estimate of drug-likeness (QED) is 0.656. The molecular weight excluding hydrogens is 429 g/mol. The fraction of sp³-hybridized carbons (Fsp3) is 0.364. The first-order valence-electron chi connectivity index (χ1n) is 9.66. The number of morpholine rings is 1. The maximum absolute atomic E-state index is 13.3. The lowest BCUT2D eigenvalue weighted by molar-refractivity contribution is -0.184. The molecule has 8 heteroatoms. The van der Waals surface area contributed by atoms with E-state index in [9.17, 15) is 19.8 Å². The molecule has 2 N–H and O–H groups in total. The van der Waals surface area contributed by atoms with Crippen molar-refractivity contribution in [2.24, 2.45) is 0 Å². The van der Waals surface area contributed by atoms with Crippen LogP contribution in [-0.4, -0.2) is 45.7 Å². The maximum Gasteiger partial charge on any atom is 0.306 e. The smallest absolute Gasteiger partial charge is 0.306 e. The summed E-state index contributed by atoms with van der Waals surface area (Å²) >= 11 is 12.2. The van der Waals surface area contributed by atoms with E-state index in [0.29, 0.717) is 22.0 Å². The molecular formula is C22H23Cl2NO5. The molecule has 1 fully saturated rings. The van der Waals surface area contributed by atoms with Gasteiger partial charge in [-0.1, -0.05) is 54.4 Å². The SMILES string of the molecule is CCC(CO)N1C(=O)[C@H](CC(=O)O)O[C@@H](c2cccc(Cl)c2)C1c1ccc(Cl)cc1. The fourth-order valence-corrected chi connectivity index (χ4v) is 4.14. The highest BCUT2D eigenvalue weighted by molar-refractivity contribution is 6.30. The Labute approximate surface area is 185 Å². The van der Waals surface area contributed by atoms with Gasteiger partial charge < -0.3 is 19.8 Å². The van der Waals surface area contributed by atoms with Crippen LogP contribution in [0.1, 0.15) is 43.0 Å². The molecule has 0 bridgehead atoms. The number of nitrogens with zero attached hydrogens (tertiary/aromatic N) is 1. The van der Waals surface area contributed by atoms with Crippen LogP contribution in [0.25, 0.3) is 0 Å². The second kappa shape index (κ2) is 9.79. The first kappa shape index (κ1) is 22.6. The summed E-state index contributed by atoms with van der Waals surface area (Å²) in [6.07, 6.45) is -1.82. The van der Waals surface area contributed by atoms with E-state index in [1.165, 1.54) is 0 Å². The van der Waals surface area contributed by atoms with Gasteiger partial charge in [-0.3, -0.25) is 9.59 Å². The first-order valence-corrected chi connectivity index (χ1v) is 10.4. The molecule has 6 nitrogen and oxygen atoms in total. The highest BCUT2D eigenvalue weighted by Gasteiger charge is 2.46. The lowest BCUT2D eigenvalue weighted by atomic mass is 9.89. The topological polar surface area (TPSA) is 87.1 Å². The second-order valence-electron chi connectivity index (χ2n) is 7.18. The minimum atomic E-state index is -1.17. The average molecular weight is 452 g/mol. The third kappa shape index (κ3) is 4.78. The molecule has 1 amide bonds. The lowest BCUT2D eigenvalue weighted by Gasteiger charge is -2.47. The largest absolute Gasteiger partial charge is 0.481 e.